The molecule has 0 aliphatic carbocycles. The van der Waals surface area contributed by atoms with E-state index in [9.17, 15) is 4.79 Å². The van der Waals surface area contributed by atoms with Crippen LogP contribution in [0.2, 0.25) is 0 Å². The van der Waals surface area contributed by atoms with Crippen LogP contribution in [0.3, 0.4) is 0 Å². The molecule has 4 N–H and O–H groups in total. The maximum atomic E-state index is 11.1. The second-order valence-electron chi connectivity index (χ2n) is 3.06. The van der Waals surface area contributed by atoms with Crippen molar-refractivity contribution in [2.24, 2.45) is 0 Å². The van der Waals surface area contributed by atoms with Crippen LogP contribution in [0.1, 0.15) is 12.5 Å². The molecule has 0 atom stereocenters. The molecule has 0 heterocycles. The molecule has 0 saturated carbocycles. The topological polar surface area (TPSA) is 67.2 Å². The van der Waals surface area contributed by atoms with Crippen LogP contribution < -0.4 is 16.4 Å². The quantitative estimate of drug-likeness (QED) is 0.626. The molecule has 4 nitrogen and oxygen atoms in total. The Balaban J connectivity index is 2.68. The number of amides is 2. The van der Waals surface area contributed by atoms with Crippen molar-refractivity contribution in [3.05, 3.63) is 23.8 Å². The zero-order valence-corrected chi connectivity index (χ0v) is 8.42. The van der Waals surface area contributed by atoms with Crippen molar-refractivity contribution in [1.82, 2.24) is 5.32 Å². The molecule has 0 spiro atoms. The van der Waals surface area contributed by atoms with Crippen LogP contribution in [0, 0.1) is 6.92 Å². The second-order valence-corrected chi connectivity index (χ2v) is 3.06. The van der Waals surface area contributed by atoms with Gasteiger partial charge in [0.25, 0.3) is 0 Å². The minimum absolute atomic E-state index is 0.212. The van der Waals surface area contributed by atoms with E-state index in [1.54, 1.807) is 6.07 Å². The highest BCUT2D eigenvalue weighted by atomic mass is 16.2. The van der Waals surface area contributed by atoms with E-state index in [0.29, 0.717) is 17.9 Å². The van der Waals surface area contributed by atoms with Crippen LogP contribution >= 0.6 is 0 Å². The minimum Gasteiger partial charge on any atom is -0.398 e. The summed E-state index contributed by atoms with van der Waals surface area (Å²) < 4.78 is 0. The normalized spacial score (nSPS) is 9.57. The lowest BCUT2D eigenvalue weighted by molar-refractivity contribution is 0.252. The number of benzene rings is 1. The lowest BCUT2D eigenvalue weighted by Crippen LogP contribution is -2.28. The Morgan fingerprint density at radius 1 is 1.50 bits per heavy atom. The minimum atomic E-state index is -0.212. The number of anilines is 2. The summed E-state index contributed by atoms with van der Waals surface area (Å²) in [6.07, 6.45) is 0. The molecular formula is C10H15N3O. The predicted molar refractivity (Wildman–Crippen MR) is 58.3 cm³/mol. The first-order valence-electron chi connectivity index (χ1n) is 4.54. The van der Waals surface area contributed by atoms with E-state index in [4.69, 9.17) is 5.73 Å². The van der Waals surface area contributed by atoms with Crippen molar-refractivity contribution in [2.75, 3.05) is 17.6 Å². The average molecular weight is 193 g/mol. The first-order valence-corrected chi connectivity index (χ1v) is 4.54. The molecule has 0 aliphatic heterocycles. The molecule has 0 radical (unpaired) electrons. The maximum absolute atomic E-state index is 11.1. The summed E-state index contributed by atoms with van der Waals surface area (Å²) in [4.78, 5) is 11.1. The molecule has 2 amide bonds. The monoisotopic (exact) mass is 193 g/mol. The summed E-state index contributed by atoms with van der Waals surface area (Å²) in [6.45, 7) is 4.39. The number of nitrogens with two attached hydrogens (primary N) is 1. The van der Waals surface area contributed by atoms with Gasteiger partial charge in [-0.2, -0.15) is 0 Å². The molecule has 14 heavy (non-hydrogen) atoms. The number of rotatable bonds is 2. The summed E-state index contributed by atoms with van der Waals surface area (Å²) in [5, 5.41) is 5.32. The number of carbonyl (C=O) groups is 1. The zero-order valence-electron chi connectivity index (χ0n) is 8.42. The molecule has 0 bridgehead atoms. The second kappa shape index (κ2) is 4.50. The number of hydrogen-bond donors (Lipinski definition) is 3. The largest absolute Gasteiger partial charge is 0.398 e. The maximum Gasteiger partial charge on any atom is 0.319 e. The van der Waals surface area contributed by atoms with Gasteiger partial charge in [-0.15, -0.1) is 0 Å². The van der Waals surface area contributed by atoms with Crippen LogP contribution in [0.25, 0.3) is 0 Å². The summed E-state index contributed by atoms with van der Waals surface area (Å²) in [5.74, 6) is 0. The van der Waals surface area contributed by atoms with Crippen LogP contribution in [0.15, 0.2) is 18.2 Å². The van der Waals surface area contributed by atoms with E-state index in [0.717, 1.165) is 5.56 Å². The van der Waals surface area contributed by atoms with E-state index >= 15 is 0 Å². The molecular weight excluding hydrogens is 178 g/mol. The third kappa shape index (κ3) is 2.65. The van der Waals surface area contributed by atoms with E-state index < -0.39 is 0 Å². The first kappa shape index (κ1) is 10.4. The van der Waals surface area contributed by atoms with Gasteiger partial charge in [-0.25, -0.2) is 4.79 Å². The van der Waals surface area contributed by atoms with Gasteiger partial charge >= 0.3 is 6.03 Å². The highest BCUT2D eigenvalue weighted by Crippen LogP contribution is 2.16. The Labute approximate surface area is 83.5 Å². The fraction of sp³-hybridized carbons (Fsp3) is 0.300. The molecule has 0 unspecified atom stereocenters. The highest BCUT2D eigenvalue weighted by molar-refractivity contribution is 5.89. The van der Waals surface area contributed by atoms with Crippen molar-refractivity contribution in [2.45, 2.75) is 13.8 Å². The van der Waals surface area contributed by atoms with Gasteiger partial charge in [-0.3, -0.25) is 0 Å². The molecule has 4 heteroatoms. The molecule has 1 aromatic carbocycles. The molecule has 1 rings (SSSR count). The van der Waals surface area contributed by atoms with Crippen molar-refractivity contribution in [1.29, 1.82) is 0 Å². The summed E-state index contributed by atoms with van der Waals surface area (Å²) in [6, 6.07) is 5.22. The lowest BCUT2D eigenvalue weighted by Gasteiger charge is -2.07. The number of urea groups is 1. The van der Waals surface area contributed by atoms with Crippen LogP contribution in [-0.2, 0) is 0 Å². The molecule has 76 valence electrons. The third-order valence-corrected chi connectivity index (χ3v) is 1.87. The summed E-state index contributed by atoms with van der Waals surface area (Å²) in [7, 11) is 0. The standard InChI is InChI=1S/C10H15N3O/c1-3-12-10(14)13-8-5-4-7(2)9(11)6-8/h4-6H,3,11H2,1-2H3,(H2,12,13,14). The van der Waals surface area contributed by atoms with Gasteiger partial charge in [-0.1, -0.05) is 6.07 Å². The van der Waals surface area contributed by atoms with Gasteiger partial charge in [0.2, 0.25) is 0 Å². The van der Waals surface area contributed by atoms with Crippen molar-refractivity contribution < 1.29 is 4.79 Å². The van der Waals surface area contributed by atoms with Gasteiger partial charge in [0, 0.05) is 17.9 Å². The zero-order chi connectivity index (χ0) is 10.6. The SMILES string of the molecule is CCNC(=O)Nc1ccc(C)c(N)c1. The predicted octanol–water partition coefficient (Wildman–Crippen LogP) is 1.72. The van der Waals surface area contributed by atoms with Crippen molar-refractivity contribution in [3.63, 3.8) is 0 Å². The highest BCUT2D eigenvalue weighted by Gasteiger charge is 2.00. The number of carbonyl (C=O) groups excluding carboxylic acids is 1. The van der Waals surface area contributed by atoms with Crippen molar-refractivity contribution >= 4 is 17.4 Å². The third-order valence-electron chi connectivity index (χ3n) is 1.87. The van der Waals surface area contributed by atoms with Gasteiger partial charge in [-0.05, 0) is 31.5 Å². The molecule has 1 aromatic rings. The molecule has 0 fully saturated rings. The Hall–Kier alpha value is -1.71. The Bertz CT molecular complexity index is 336. The molecule has 0 saturated heterocycles. The van der Waals surface area contributed by atoms with Crippen molar-refractivity contribution in [3.8, 4) is 0 Å². The lowest BCUT2D eigenvalue weighted by atomic mass is 10.2. The van der Waals surface area contributed by atoms with Gasteiger partial charge in [0.1, 0.15) is 0 Å². The van der Waals surface area contributed by atoms with Crippen LogP contribution in [0.4, 0.5) is 16.2 Å². The number of hydrogen-bond acceptors (Lipinski definition) is 2. The van der Waals surface area contributed by atoms with E-state index in [1.165, 1.54) is 0 Å². The molecule has 0 aliphatic rings. The molecule has 0 aromatic heterocycles. The number of nitrogen functional groups attached to an aromatic ring is 1. The summed E-state index contributed by atoms with van der Waals surface area (Å²) >= 11 is 0. The number of nitrogens with one attached hydrogen (secondary N) is 2. The first-order chi connectivity index (χ1) is 6.63. The van der Waals surface area contributed by atoms with Gasteiger partial charge < -0.3 is 16.4 Å². The average Bonchev–Trinajstić information content (AvgIpc) is 2.12. The van der Waals surface area contributed by atoms with E-state index in [1.807, 2.05) is 26.0 Å². The number of aryl methyl sites for hydroxylation is 1. The summed E-state index contributed by atoms with van der Waals surface area (Å²) in [5.41, 5.74) is 8.09. The van der Waals surface area contributed by atoms with Crippen LogP contribution in [0.5, 0.6) is 0 Å². The fourth-order valence-corrected chi connectivity index (χ4v) is 1.05. The Morgan fingerprint density at radius 3 is 2.79 bits per heavy atom. The Morgan fingerprint density at radius 2 is 2.21 bits per heavy atom. The van der Waals surface area contributed by atoms with Gasteiger partial charge in [0.05, 0.1) is 0 Å². The van der Waals surface area contributed by atoms with Crippen LogP contribution in [-0.4, -0.2) is 12.6 Å². The smallest absolute Gasteiger partial charge is 0.319 e. The van der Waals surface area contributed by atoms with E-state index in [2.05, 4.69) is 10.6 Å². The van der Waals surface area contributed by atoms with Gasteiger partial charge in [0.15, 0.2) is 0 Å². The fourth-order valence-electron chi connectivity index (χ4n) is 1.05. The Kier molecular flexibility index (Phi) is 3.34. The van der Waals surface area contributed by atoms with E-state index in [-0.39, 0.29) is 6.03 Å².